The van der Waals surface area contributed by atoms with Gasteiger partial charge in [0.25, 0.3) is 0 Å². The summed E-state index contributed by atoms with van der Waals surface area (Å²) in [5, 5.41) is 2.73. The minimum Gasteiger partial charge on any atom is -0.352 e. The Morgan fingerprint density at radius 1 is 1.33 bits per heavy atom. The van der Waals surface area contributed by atoms with E-state index in [0.717, 1.165) is 0 Å². The number of nitrogens with zero attached hydrogens (tertiary/aromatic N) is 1. The first-order valence-electron chi connectivity index (χ1n) is 5.22. The Morgan fingerprint density at radius 2 is 1.87 bits per heavy atom. The average Bonchev–Trinajstić information content (AvgIpc) is 2.11. The predicted octanol–water partition coefficient (Wildman–Crippen LogP) is -0.293. The summed E-state index contributed by atoms with van der Waals surface area (Å²) in [6.45, 7) is 7.76. The largest absolute Gasteiger partial charge is 0.352 e. The lowest BCUT2D eigenvalue weighted by Gasteiger charge is -2.22. The van der Waals surface area contributed by atoms with E-state index in [0.29, 0.717) is 6.54 Å². The first kappa shape index (κ1) is 13.9. The zero-order chi connectivity index (χ0) is 12.0. The summed E-state index contributed by atoms with van der Waals surface area (Å²) in [6, 6.07) is -0.474. The van der Waals surface area contributed by atoms with Gasteiger partial charge in [0.05, 0.1) is 12.6 Å². The molecule has 0 rings (SSSR count). The molecule has 15 heavy (non-hydrogen) atoms. The van der Waals surface area contributed by atoms with Crippen molar-refractivity contribution in [2.24, 2.45) is 5.73 Å². The molecular weight excluding hydrogens is 194 g/mol. The number of nitrogens with one attached hydrogen (secondary N) is 1. The van der Waals surface area contributed by atoms with E-state index in [1.807, 2.05) is 20.8 Å². The summed E-state index contributed by atoms with van der Waals surface area (Å²) >= 11 is 0. The quantitative estimate of drug-likeness (QED) is 0.661. The highest BCUT2D eigenvalue weighted by Gasteiger charge is 2.18. The number of nitrogens with two attached hydrogens (primary N) is 1. The lowest BCUT2D eigenvalue weighted by molar-refractivity contribution is -0.136. The van der Waals surface area contributed by atoms with Crippen molar-refractivity contribution in [3.8, 4) is 0 Å². The third kappa shape index (κ3) is 5.37. The maximum Gasteiger partial charge on any atom is 0.239 e. The van der Waals surface area contributed by atoms with Gasteiger partial charge < -0.3 is 16.0 Å². The van der Waals surface area contributed by atoms with Gasteiger partial charge in [0.1, 0.15) is 0 Å². The third-order valence-electron chi connectivity index (χ3n) is 1.87. The molecule has 0 bridgehead atoms. The van der Waals surface area contributed by atoms with Gasteiger partial charge in [-0.2, -0.15) is 0 Å². The van der Waals surface area contributed by atoms with Crippen LogP contribution in [0.5, 0.6) is 0 Å². The summed E-state index contributed by atoms with van der Waals surface area (Å²) in [7, 11) is 0. The minimum absolute atomic E-state index is 0.0784. The molecule has 0 saturated carbocycles. The Labute approximate surface area is 91.0 Å². The molecule has 5 nitrogen and oxygen atoms in total. The highest BCUT2D eigenvalue weighted by Crippen LogP contribution is 1.93. The van der Waals surface area contributed by atoms with Crippen LogP contribution >= 0.6 is 0 Å². The van der Waals surface area contributed by atoms with Crippen LogP contribution in [0.2, 0.25) is 0 Å². The van der Waals surface area contributed by atoms with E-state index in [9.17, 15) is 9.59 Å². The lowest BCUT2D eigenvalue weighted by atomic mass is 10.3. The Hall–Kier alpha value is -1.10. The molecule has 0 heterocycles. The molecule has 0 aliphatic rings. The van der Waals surface area contributed by atoms with Crippen LogP contribution in [0.25, 0.3) is 0 Å². The van der Waals surface area contributed by atoms with Gasteiger partial charge in [-0.15, -0.1) is 0 Å². The fraction of sp³-hybridized carbons (Fsp3) is 0.800. The molecule has 2 amide bonds. The number of likely N-dealkylation sites (N-methyl/N-ethyl adjacent to an activating group) is 1. The highest BCUT2D eigenvalue weighted by atomic mass is 16.2. The standard InChI is InChI=1S/C10H21N3O2/c1-5-13(10(15)8(4)11)6-9(14)12-7(2)3/h7-8H,5-6,11H2,1-4H3,(H,12,14)/t8-/m0/s1. The number of hydrogen-bond donors (Lipinski definition) is 2. The van der Waals surface area contributed by atoms with Gasteiger partial charge >= 0.3 is 0 Å². The summed E-state index contributed by atoms with van der Waals surface area (Å²) in [5.41, 5.74) is 5.47. The van der Waals surface area contributed by atoms with Gasteiger partial charge in [0.2, 0.25) is 11.8 Å². The molecule has 0 radical (unpaired) electrons. The van der Waals surface area contributed by atoms with Gasteiger partial charge in [-0.25, -0.2) is 0 Å². The fourth-order valence-corrected chi connectivity index (χ4v) is 1.17. The van der Waals surface area contributed by atoms with Crippen LogP contribution in [0.3, 0.4) is 0 Å². The second-order valence-corrected chi connectivity index (χ2v) is 3.86. The molecule has 88 valence electrons. The number of carbonyl (C=O) groups is 2. The van der Waals surface area contributed by atoms with Crippen molar-refractivity contribution < 1.29 is 9.59 Å². The Bertz CT molecular complexity index is 227. The van der Waals surface area contributed by atoms with Gasteiger partial charge in [-0.3, -0.25) is 9.59 Å². The summed E-state index contributed by atoms with van der Waals surface area (Å²) < 4.78 is 0. The van der Waals surface area contributed by atoms with E-state index >= 15 is 0 Å². The third-order valence-corrected chi connectivity index (χ3v) is 1.87. The SMILES string of the molecule is CCN(CC(=O)NC(C)C)C(=O)[C@H](C)N. The lowest BCUT2D eigenvalue weighted by Crippen LogP contribution is -2.47. The molecule has 0 aliphatic carbocycles. The van der Waals surface area contributed by atoms with Crippen LogP contribution < -0.4 is 11.1 Å². The van der Waals surface area contributed by atoms with Gasteiger partial charge in [0, 0.05) is 12.6 Å². The average molecular weight is 215 g/mol. The second-order valence-electron chi connectivity index (χ2n) is 3.86. The molecule has 0 unspecified atom stereocenters. The Kier molecular flexibility index (Phi) is 5.93. The van der Waals surface area contributed by atoms with Crippen molar-refractivity contribution in [2.75, 3.05) is 13.1 Å². The topological polar surface area (TPSA) is 75.4 Å². The van der Waals surface area contributed by atoms with E-state index in [1.54, 1.807) is 6.92 Å². The van der Waals surface area contributed by atoms with Crippen LogP contribution in [-0.4, -0.2) is 41.9 Å². The predicted molar refractivity (Wildman–Crippen MR) is 59.2 cm³/mol. The smallest absolute Gasteiger partial charge is 0.239 e. The summed E-state index contributed by atoms with van der Waals surface area (Å²) in [6.07, 6.45) is 0. The number of amides is 2. The monoisotopic (exact) mass is 215 g/mol. The van der Waals surface area contributed by atoms with Crippen LogP contribution in [0.1, 0.15) is 27.7 Å². The van der Waals surface area contributed by atoms with Crippen LogP contribution in [0.4, 0.5) is 0 Å². The summed E-state index contributed by atoms with van der Waals surface area (Å²) in [4.78, 5) is 24.4. The molecule has 0 fully saturated rings. The first-order chi connectivity index (χ1) is 6.88. The van der Waals surface area contributed by atoms with E-state index < -0.39 is 6.04 Å². The highest BCUT2D eigenvalue weighted by molar-refractivity contribution is 5.87. The van der Waals surface area contributed by atoms with Crippen LogP contribution in [0, 0.1) is 0 Å². The van der Waals surface area contributed by atoms with Crippen molar-refractivity contribution in [3.05, 3.63) is 0 Å². The second kappa shape index (κ2) is 6.40. The van der Waals surface area contributed by atoms with Crippen LogP contribution in [0.15, 0.2) is 0 Å². The number of carbonyl (C=O) groups excluding carboxylic acids is 2. The minimum atomic E-state index is -0.559. The van der Waals surface area contributed by atoms with Crippen molar-refractivity contribution in [1.29, 1.82) is 0 Å². The molecule has 0 aromatic carbocycles. The number of hydrogen-bond acceptors (Lipinski definition) is 3. The fourth-order valence-electron chi connectivity index (χ4n) is 1.17. The normalized spacial score (nSPS) is 12.4. The molecule has 0 aromatic heterocycles. The Morgan fingerprint density at radius 3 is 2.20 bits per heavy atom. The van der Waals surface area contributed by atoms with Gasteiger partial charge in [-0.1, -0.05) is 0 Å². The zero-order valence-corrected chi connectivity index (χ0v) is 9.91. The summed E-state index contributed by atoms with van der Waals surface area (Å²) in [5.74, 6) is -0.350. The number of rotatable bonds is 5. The Balaban J connectivity index is 4.21. The van der Waals surface area contributed by atoms with Gasteiger partial charge in [-0.05, 0) is 27.7 Å². The van der Waals surface area contributed by atoms with E-state index in [1.165, 1.54) is 4.90 Å². The molecule has 0 aromatic rings. The molecule has 1 atom stereocenters. The molecule has 3 N–H and O–H groups in total. The van der Waals surface area contributed by atoms with Crippen molar-refractivity contribution in [2.45, 2.75) is 39.8 Å². The molecular formula is C10H21N3O2. The van der Waals surface area contributed by atoms with Crippen LogP contribution in [-0.2, 0) is 9.59 Å². The maximum atomic E-state index is 11.5. The van der Waals surface area contributed by atoms with Crippen molar-refractivity contribution >= 4 is 11.8 Å². The van der Waals surface area contributed by atoms with Gasteiger partial charge in [0.15, 0.2) is 0 Å². The first-order valence-corrected chi connectivity index (χ1v) is 5.22. The molecule has 0 saturated heterocycles. The van der Waals surface area contributed by atoms with Crippen molar-refractivity contribution in [1.82, 2.24) is 10.2 Å². The molecule has 0 aliphatic heterocycles. The molecule has 5 heteroatoms. The zero-order valence-electron chi connectivity index (χ0n) is 9.91. The maximum absolute atomic E-state index is 11.5. The van der Waals surface area contributed by atoms with Crippen molar-refractivity contribution in [3.63, 3.8) is 0 Å². The molecule has 0 spiro atoms. The van der Waals surface area contributed by atoms with E-state index in [-0.39, 0.29) is 24.4 Å². The van der Waals surface area contributed by atoms with E-state index in [4.69, 9.17) is 5.73 Å². The van der Waals surface area contributed by atoms with E-state index in [2.05, 4.69) is 5.32 Å².